The van der Waals surface area contributed by atoms with E-state index < -0.39 is 16.1 Å². The number of aliphatic imine (C=N–C) groups is 1. The maximum atomic E-state index is 12.6. The first-order valence-corrected chi connectivity index (χ1v) is 11.0. The number of benzene rings is 1. The molecule has 0 aromatic heterocycles. The van der Waals surface area contributed by atoms with Crippen molar-refractivity contribution in [2.45, 2.75) is 51.5 Å². The fourth-order valence-electron chi connectivity index (χ4n) is 4.17. The second kappa shape index (κ2) is 7.12. The Bertz CT molecular complexity index is 965. The van der Waals surface area contributed by atoms with Crippen LogP contribution in [0.2, 0.25) is 0 Å². The normalized spacial score (nSPS) is 21.0. The summed E-state index contributed by atoms with van der Waals surface area (Å²) in [5.41, 5.74) is 11.0. The Balaban J connectivity index is 1.56. The molecule has 150 valence electrons. The van der Waals surface area contributed by atoms with E-state index >= 15 is 0 Å². The minimum Gasteiger partial charge on any atom is -0.475 e. The summed E-state index contributed by atoms with van der Waals surface area (Å²) < 4.78 is 32.6. The van der Waals surface area contributed by atoms with Crippen LogP contribution < -0.4 is 15.8 Å². The average molecular weight is 404 g/mol. The van der Waals surface area contributed by atoms with Crippen LogP contribution in [-0.2, 0) is 40.4 Å². The van der Waals surface area contributed by atoms with Gasteiger partial charge in [-0.1, -0.05) is 6.07 Å². The number of nitrogens with one attached hydrogen (secondary N) is 2. The number of hydrogen-bond acceptors (Lipinski definition) is 6. The van der Waals surface area contributed by atoms with Gasteiger partial charge in [0.1, 0.15) is 6.61 Å². The lowest BCUT2D eigenvalue weighted by Gasteiger charge is -2.17. The van der Waals surface area contributed by atoms with Gasteiger partial charge in [0.2, 0.25) is 5.90 Å². The van der Waals surface area contributed by atoms with Crippen LogP contribution in [0.5, 0.6) is 0 Å². The van der Waals surface area contributed by atoms with Crippen LogP contribution in [0.15, 0.2) is 22.2 Å². The molecule has 0 spiro atoms. The summed E-state index contributed by atoms with van der Waals surface area (Å²) in [6.07, 6.45) is 6.75. The second-order valence-electron chi connectivity index (χ2n) is 7.42. The zero-order valence-electron chi connectivity index (χ0n) is 15.7. The predicted molar refractivity (Wildman–Crippen MR) is 107 cm³/mol. The van der Waals surface area contributed by atoms with Gasteiger partial charge in [-0.3, -0.25) is 0 Å². The van der Waals surface area contributed by atoms with Crippen LogP contribution in [-0.4, -0.2) is 33.0 Å². The van der Waals surface area contributed by atoms with Gasteiger partial charge in [0.05, 0.1) is 6.04 Å². The monoisotopic (exact) mass is 404 g/mol. The van der Waals surface area contributed by atoms with Crippen molar-refractivity contribution in [3.05, 3.63) is 39.4 Å². The fourth-order valence-corrected chi connectivity index (χ4v) is 5.09. The van der Waals surface area contributed by atoms with E-state index in [0.29, 0.717) is 0 Å². The molecule has 0 saturated heterocycles. The van der Waals surface area contributed by atoms with Gasteiger partial charge in [0.15, 0.2) is 4.91 Å². The molecule has 1 heterocycles. The summed E-state index contributed by atoms with van der Waals surface area (Å²) in [5.74, 6) is -0.0724. The van der Waals surface area contributed by atoms with E-state index in [1.54, 1.807) is 6.92 Å². The van der Waals surface area contributed by atoms with Crippen molar-refractivity contribution in [1.82, 2.24) is 4.72 Å². The summed E-state index contributed by atoms with van der Waals surface area (Å²) in [5, 5.41) is 2.80. The lowest BCUT2D eigenvalue weighted by atomic mass is 9.99. The number of anilines is 1. The number of ether oxygens (including phenoxy) is 1. The highest BCUT2D eigenvalue weighted by atomic mass is 32.2. The zero-order valence-corrected chi connectivity index (χ0v) is 16.6. The highest BCUT2D eigenvalue weighted by Gasteiger charge is 2.31. The minimum atomic E-state index is -4.21. The van der Waals surface area contributed by atoms with Gasteiger partial charge in [-0.2, -0.15) is 0 Å². The standard InChI is InChI=1S/C19H24N4O4S/c1-11-10-27-18(21-11)16(9-20)28(25,26)23-19(24)22-17-14-6-2-4-12(14)8-13-5-3-7-15(13)17/h8-9,11H,2-7,10,20H2,1H3,(H2,22,23,24). The van der Waals surface area contributed by atoms with Crippen molar-refractivity contribution in [3.8, 4) is 0 Å². The summed E-state index contributed by atoms with van der Waals surface area (Å²) >= 11 is 0. The summed E-state index contributed by atoms with van der Waals surface area (Å²) in [6.45, 7) is 2.07. The van der Waals surface area contributed by atoms with Gasteiger partial charge >= 0.3 is 6.03 Å². The average Bonchev–Trinajstić information content (AvgIpc) is 3.35. The molecule has 28 heavy (non-hydrogen) atoms. The first-order chi connectivity index (χ1) is 13.4. The third-order valence-electron chi connectivity index (χ3n) is 5.39. The van der Waals surface area contributed by atoms with Crippen LogP contribution in [0.4, 0.5) is 10.5 Å². The third kappa shape index (κ3) is 3.34. The molecule has 1 unspecified atom stereocenters. The number of amides is 2. The molecule has 2 aliphatic carbocycles. The van der Waals surface area contributed by atoms with E-state index in [1.165, 1.54) is 11.1 Å². The van der Waals surface area contributed by atoms with E-state index in [0.717, 1.165) is 61.5 Å². The fraction of sp³-hybridized carbons (Fsp3) is 0.474. The Kier molecular flexibility index (Phi) is 4.78. The van der Waals surface area contributed by atoms with Gasteiger partial charge in [-0.25, -0.2) is 22.9 Å². The number of rotatable bonds is 4. The van der Waals surface area contributed by atoms with Crippen LogP contribution in [0.1, 0.15) is 42.0 Å². The Morgan fingerprint density at radius 3 is 2.39 bits per heavy atom. The maximum absolute atomic E-state index is 12.6. The molecule has 8 nitrogen and oxygen atoms in total. The van der Waals surface area contributed by atoms with Crippen molar-refractivity contribution in [1.29, 1.82) is 0 Å². The van der Waals surface area contributed by atoms with Crippen molar-refractivity contribution >= 4 is 27.6 Å². The predicted octanol–water partition coefficient (Wildman–Crippen LogP) is 1.73. The number of carbonyl (C=O) groups is 1. The van der Waals surface area contributed by atoms with E-state index in [4.69, 9.17) is 10.5 Å². The molecule has 0 bridgehead atoms. The largest absolute Gasteiger partial charge is 0.475 e. The Hall–Kier alpha value is -2.55. The van der Waals surface area contributed by atoms with Crippen molar-refractivity contribution in [2.24, 2.45) is 10.7 Å². The van der Waals surface area contributed by atoms with Crippen molar-refractivity contribution in [2.75, 3.05) is 11.9 Å². The minimum absolute atomic E-state index is 0.0724. The highest BCUT2D eigenvalue weighted by molar-refractivity contribution is 7.94. The topological polar surface area (TPSA) is 123 Å². The number of aryl methyl sites for hydroxylation is 2. The molecule has 2 amide bonds. The van der Waals surface area contributed by atoms with Crippen LogP contribution in [0.25, 0.3) is 0 Å². The Morgan fingerprint density at radius 2 is 1.86 bits per heavy atom. The van der Waals surface area contributed by atoms with E-state index in [9.17, 15) is 13.2 Å². The molecular weight excluding hydrogens is 380 g/mol. The quantitative estimate of drug-likeness (QED) is 0.705. The number of carbonyl (C=O) groups excluding carboxylic acids is 1. The summed E-state index contributed by atoms with van der Waals surface area (Å²) in [6, 6.07) is 1.28. The molecule has 1 atom stereocenters. The van der Waals surface area contributed by atoms with Crippen LogP contribution in [0, 0.1) is 0 Å². The van der Waals surface area contributed by atoms with E-state index in [2.05, 4.69) is 16.4 Å². The lowest BCUT2D eigenvalue weighted by molar-refractivity contribution is 0.256. The number of nitrogens with two attached hydrogens (primary N) is 1. The molecule has 1 aromatic carbocycles. The first kappa shape index (κ1) is 18.8. The van der Waals surface area contributed by atoms with Gasteiger partial charge in [-0.05, 0) is 67.7 Å². The van der Waals surface area contributed by atoms with Crippen LogP contribution in [0.3, 0.4) is 0 Å². The summed E-state index contributed by atoms with van der Waals surface area (Å²) in [4.78, 5) is 16.3. The Morgan fingerprint density at radius 1 is 1.21 bits per heavy atom. The SMILES string of the molecule is CC1COC(C(=CN)S(=O)(=O)NC(=O)Nc2c3c(cc4c2CCC4)CCC3)=N1. The van der Waals surface area contributed by atoms with Gasteiger partial charge in [-0.15, -0.1) is 0 Å². The number of urea groups is 1. The number of hydrogen-bond donors (Lipinski definition) is 3. The van der Waals surface area contributed by atoms with Crippen molar-refractivity contribution < 1.29 is 17.9 Å². The van der Waals surface area contributed by atoms with Crippen molar-refractivity contribution in [3.63, 3.8) is 0 Å². The highest BCUT2D eigenvalue weighted by Crippen LogP contribution is 2.38. The molecule has 4 N–H and O–H groups in total. The molecular formula is C19H24N4O4S. The first-order valence-electron chi connectivity index (χ1n) is 9.52. The third-order valence-corrected chi connectivity index (χ3v) is 6.73. The molecule has 0 fully saturated rings. The van der Waals surface area contributed by atoms with Crippen LogP contribution >= 0.6 is 0 Å². The molecule has 4 rings (SSSR count). The molecule has 9 heteroatoms. The molecule has 0 radical (unpaired) electrons. The number of fused-ring (bicyclic) bond motifs is 2. The molecule has 1 aromatic rings. The lowest BCUT2D eigenvalue weighted by Crippen LogP contribution is -2.37. The molecule has 1 aliphatic heterocycles. The second-order valence-corrected chi connectivity index (χ2v) is 9.07. The van der Waals surface area contributed by atoms with Gasteiger partial charge in [0.25, 0.3) is 10.0 Å². The molecule has 0 saturated carbocycles. The zero-order chi connectivity index (χ0) is 19.9. The summed E-state index contributed by atoms with van der Waals surface area (Å²) in [7, 11) is -4.21. The van der Waals surface area contributed by atoms with Gasteiger partial charge < -0.3 is 15.8 Å². The Labute approximate surface area is 164 Å². The van der Waals surface area contributed by atoms with E-state index in [-0.39, 0.29) is 23.5 Å². The van der Waals surface area contributed by atoms with Gasteiger partial charge in [0, 0.05) is 11.9 Å². The number of nitrogens with zero attached hydrogens (tertiary/aromatic N) is 1. The maximum Gasteiger partial charge on any atom is 0.333 e. The smallest absolute Gasteiger partial charge is 0.333 e. The number of sulfonamides is 1. The van der Waals surface area contributed by atoms with E-state index in [1.807, 2.05) is 4.72 Å². The molecule has 3 aliphatic rings.